The number of ether oxygens (including phenoxy) is 3. The molecule has 38 heavy (non-hydrogen) atoms. The van der Waals surface area contributed by atoms with E-state index in [1.54, 1.807) is 37.3 Å². The highest BCUT2D eigenvalue weighted by molar-refractivity contribution is 5.71. The minimum atomic E-state index is -1.02. The quantitative estimate of drug-likeness (QED) is 0.220. The van der Waals surface area contributed by atoms with Crippen LogP contribution in [0.2, 0.25) is 0 Å². The van der Waals surface area contributed by atoms with Crippen LogP contribution in [0, 0.1) is 23.4 Å². The van der Waals surface area contributed by atoms with Gasteiger partial charge in [0.25, 0.3) is 0 Å². The zero-order chi connectivity index (χ0) is 26.9. The Hall–Kier alpha value is -2.83. The molecule has 204 valence electrons. The Bertz CT molecular complexity index is 1170. The Morgan fingerprint density at radius 1 is 0.816 bits per heavy atom. The van der Waals surface area contributed by atoms with Crippen molar-refractivity contribution in [2.45, 2.75) is 71.7 Å². The molecule has 3 aromatic rings. The van der Waals surface area contributed by atoms with Gasteiger partial charge in [-0.05, 0) is 67.0 Å². The predicted molar refractivity (Wildman–Crippen MR) is 144 cm³/mol. The van der Waals surface area contributed by atoms with Gasteiger partial charge in [-0.15, -0.1) is 0 Å². The van der Waals surface area contributed by atoms with E-state index >= 15 is 0 Å². The van der Waals surface area contributed by atoms with Crippen molar-refractivity contribution in [2.24, 2.45) is 5.92 Å². The summed E-state index contributed by atoms with van der Waals surface area (Å²) in [6.07, 6.45) is 8.04. The molecule has 1 aliphatic rings. The maximum atomic E-state index is 15.0. The second kappa shape index (κ2) is 13.8. The van der Waals surface area contributed by atoms with E-state index in [1.165, 1.54) is 50.3 Å². The lowest BCUT2D eigenvalue weighted by Crippen LogP contribution is -2.28. The Morgan fingerprint density at radius 2 is 1.55 bits per heavy atom. The molecule has 1 saturated heterocycles. The minimum absolute atomic E-state index is 0.117. The first-order chi connectivity index (χ1) is 18.5. The van der Waals surface area contributed by atoms with E-state index in [0.717, 1.165) is 25.0 Å². The van der Waals surface area contributed by atoms with Crippen molar-refractivity contribution in [1.82, 2.24) is 0 Å². The lowest BCUT2D eigenvalue weighted by Gasteiger charge is -2.29. The second-order valence-electron chi connectivity index (χ2n) is 9.93. The van der Waals surface area contributed by atoms with Crippen LogP contribution in [0.25, 0.3) is 22.3 Å². The fourth-order valence-electron chi connectivity index (χ4n) is 4.92. The van der Waals surface area contributed by atoms with Crippen LogP contribution < -0.4 is 4.74 Å². The van der Waals surface area contributed by atoms with Crippen LogP contribution in [0.4, 0.5) is 13.2 Å². The molecule has 2 unspecified atom stereocenters. The molecule has 0 aromatic heterocycles. The summed E-state index contributed by atoms with van der Waals surface area (Å²) in [4.78, 5) is 0. The second-order valence-corrected chi connectivity index (χ2v) is 9.93. The number of rotatable bonds is 12. The van der Waals surface area contributed by atoms with Crippen molar-refractivity contribution >= 4 is 0 Å². The highest BCUT2D eigenvalue weighted by Gasteiger charge is 2.22. The monoisotopic (exact) mass is 526 g/mol. The Labute approximate surface area is 223 Å². The third-order valence-corrected chi connectivity index (χ3v) is 7.12. The largest absolute Gasteiger partial charge is 0.491 e. The molecule has 3 nitrogen and oxygen atoms in total. The fourth-order valence-corrected chi connectivity index (χ4v) is 4.92. The van der Waals surface area contributed by atoms with Crippen molar-refractivity contribution < 1.29 is 27.4 Å². The Kier molecular flexibility index (Phi) is 10.2. The normalized spacial score (nSPS) is 17.5. The number of hydrogen-bond acceptors (Lipinski definition) is 3. The summed E-state index contributed by atoms with van der Waals surface area (Å²) in [6, 6.07) is 14.6. The van der Waals surface area contributed by atoms with Crippen LogP contribution in [0.3, 0.4) is 0 Å². The number of hydrogen-bond donors (Lipinski definition) is 0. The molecule has 1 fully saturated rings. The van der Waals surface area contributed by atoms with Crippen LogP contribution in [0.1, 0.15) is 64.4 Å². The van der Waals surface area contributed by atoms with Gasteiger partial charge in [-0.3, -0.25) is 0 Å². The predicted octanol–water partition coefficient (Wildman–Crippen LogP) is 9.08. The van der Waals surface area contributed by atoms with Crippen molar-refractivity contribution in [3.63, 3.8) is 0 Å². The molecule has 4 rings (SSSR count). The summed E-state index contributed by atoms with van der Waals surface area (Å²) in [5, 5.41) is 0. The summed E-state index contributed by atoms with van der Waals surface area (Å²) < 4.78 is 60.7. The molecule has 2 atom stereocenters. The molecule has 0 saturated carbocycles. The van der Waals surface area contributed by atoms with Gasteiger partial charge in [0.05, 0.1) is 19.8 Å². The van der Waals surface area contributed by atoms with Crippen molar-refractivity contribution in [3.8, 4) is 28.0 Å². The molecule has 0 amide bonds. The van der Waals surface area contributed by atoms with E-state index in [9.17, 15) is 13.2 Å². The third kappa shape index (κ3) is 7.17. The van der Waals surface area contributed by atoms with E-state index in [-0.39, 0.29) is 36.6 Å². The van der Waals surface area contributed by atoms with Crippen molar-refractivity contribution in [1.29, 1.82) is 0 Å². The molecule has 1 aliphatic heterocycles. The van der Waals surface area contributed by atoms with E-state index in [2.05, 4.69) is 6.92 Å². The van der Waals surface area contributed by atoms with Crippen molar-refractivity contribution in [3.05, 3.63) is 77.6 Å². The summed E-state index contributed by atoms with van der Waals surface area (Å²) in [5.74, 6) is -1.86. The summed E-state index contributed by atoms with van der Waals surface area (Å²) in [7, 11) is 0. The molecule has 0 N–H and O–H groups in total. The third-order valence-electron chi connectivity index (χ3n) is 7.12. The smallest absolute Gasteiger partial charge is 0.201 e. The first-order valence-corrected chi connectivity index (χ1v) is 13.7. The lowest BCUT2D eigenvalue weighted by molar-refractivity contribution is -0.182. The topological polar surface area (TPSA) is 27.7 Å². The highest BCUT2D eigenvalue weighted by atomic mass is 19.2. The zero-order valence-electron chi connectivity index (χ0n) is 22.3. The van der Waals surface area contributed by atoms with Crippen LogP contribution in [-0.4, -0.2) is 19.5 Å². The van der Waals surface area contributed by atoms with Crippen LogP contribution in [0.15, 0.2) is 54.6 Å². The maximum absolute atomic E-state index is 15.0. The van der Waals surface area contributed by atoms with Gasteiger partial charge >= 0.3 is 0 Å². The average molecular weight is 527 g/mol. The summed E-state index contributed by atoms with van der Waals surface area (Å²) >= 11 is 0. The molecule has 6 heteroatoms. The molecular weight excluding hydrogens is 489 g/mol. The molecular formula is C32H37F3O3. The van der Waals surface area contributed by atoms with E-state index < -0.39 is 11.6 Å². The molecule has 0 aliphatic carbocycles. The highest BCUT2D eigenvalue weighted by Crippen LogP contribution is 2.32. The zero-order valence-corrected chi connectivity index (χ0v) is 22.3. The van der Waals surface area contributed by atoms with Crippen LogP contribution >= 0.6 is 0 Å². The van der Waals surface area contributed by atoms with Gasteiger partial charge in [-0.2, -0.15) is 4.39 Å². The van der Waals surface area contributed by atoms with Gasteiger partial charge in [0.15, 0.2) is 17.9 Å². The molecule has 0 bridgehead atoms. The van der Waals surface area contributed by atoms with E-state index in [1.807, 2.05) is 6.07 Å². The fraction of sp³-hybridized carbons (Fsp3) is 0.438. The number of unbranched alkanes of at least 4 members (excludes halogenated alkanes) is 3. The van der Waals surface area contributed by atoms with Crippen LogP contribution in [-0.2, 0) is 16.1 Å². The van der Waals surface area contributed by atoms with Crippen molar-refractivity contribution in [2.75, 3.05) is 13.2 Å². The Morgan fingerprint density at radius 3 is 2.21 bits per heavy atom. The van der Waals surface area contributed by atoms with Gasteiger partial charge < -0.3 is 14.2 Å². The summed E-state index contributed by atoms with van der Waals surface area (Å²) in [5.41, 5.74) is 2.43. The average Bonchev–Trinajstić information content (AvgIpc) is 2.94. The van der Waals surface area contributed by atoms with Gasteiger partial charge in [-0.1, -0.05) is 69.0 Å². The first-order valence-electron chi connectivity index (χ1n) is 13.7. The van der Waals surface area contributed by atoms with E-state index in [0.29, 0.717) is 22.6 Å². The Balaban J connectivity index is 1.32. The van der Waals surface area contributed by atoms with Crippen LogP contribution in [0.5, 0.6) is 5.75 Å². The SMILES string of the molecule is CCCCCCC1CCC(OCc2ccc(-c3ccc(-c4ccc(OCC)c(F)c4F)cc3)c(F)c2)OC1. The standard InChI is InChI=1S/C32H37F3O3/c1-3-5-6-7-8-22-10-18-30(37-20-22)38-21-23-9-15-26(28(33)19-23)24-11-13-25(14-12-24)27-16-17-29(36-4-2)32(35)31(27)34/h9,11-17,19,22,30H,3-8,10,18,20-21H2,1-2H3. The molecule has 0 spiro atoms. The van der Waals surface area contributed by atoms with Gasteiger partial charge in [0.1, 0.15) is 5.82 Å². The first kappa shape index (κ1) is 28.2. The molecule has 3 aromatic carbocycles. The van der Waals surface area contributed by atoms with Gasteiger partial charge in [-0.25, -0.2) is 8.78 Å². The minimum Gasteiger partial charge on any atom is -0.491 e. The molecule has 1 heterocycles. The van der Waals surface area contributed by atoms with Gasteiger partial charge in [0.2, 0.25) is 5.82 Å². The van der Waals surface area contributed by atoms with Gasteiger partial charge in [0, 0.05) is 11.1 Å². The van der Waals surface area contributed by atoms with E-state index in [4.69, 9.17) is 14.2 Å². The maximum Gasteiger partial charge on any atom is 0.201 e. The lowest BCUT2D eigenvalue weighted by atomic mass is 9.95. The summed E-state index contributed by atoms with van der Waals surface area (Å²) in [6.45, 7) is 5.19. The number of benzene rings is 3. The number of halogens is 3. The molecule has 0 radical (unpaired) electrons.